The van der Waals surface area contributed by atoms with E-state index in [-0.39, 0.29) is 18.0 Å². The summed E-state index contributed by atoms with van der Waals surface area (Å²) in [5.41, 5.74) is 2.11. The zero-order valence-corrected chi connectivity index (χ0v) is 13.5. The highest BCUT2D eigenvalue weighted by Gasteiger charge is 2.16. The first-order valence-electron chi connectivity index (χ1n) is 7.11. The molecule has 2 aromatic carbocycles. The van der Waals surface area contributed by atoms with Crippen LogP contribution in [0.3, 0.4) is 0 Å². The smallest absolute Gasteiger partial charge is 0.310 e. The van der Waals surface area contributed by atoms with E-state index >= 15 is 0 Å². The van der Waals surface area contributed by atoms with Crippen molar-refractivity contribution in [3.8, 4) is 17.2 Å². The van der Waals surface area contributed by atoms with Crippen LogP contribution in [0.25, 0.3) is 11.5 Å². The fourth-order valence-electron chi connectivity index (χ4n) is 2.14. The summed E-state index contributed by atoms with van der Waals surface area (Å²) in [5.74, 6) is 0.639. The molecule has 1 aromatic heterocycles. The Kier molecular flexibility index (Phi) is 4.48. The summed E-state index contributed by atoms with van der Waals surface area (Å²) in [6, 6.07) is 11.8. The molecule has 0 aliphatic rings. The van der Waals surface area contributed by atoms with E-state index in [1.54, 1.807) is 36.4 Å². The van der Waals surface area contributed by atoms with Gasteiger partial charge in [0.25, 0.3) is 0 Å². The van der Waals surface area contributed by atoms with Crippen LogP contribution in [0, 0.1) is 17.0 Å². The van der Waals surface area contributed by atoms with Crippen LogP contribution in [0.4, 0.5) is 5.69 Å². The average molecular weight is 345 g/mol. The standard InChI is InChI=1S/C17H13ClN2O4/c1-11-2-7-15(20(21)22)16(8-11)23-9-14-10-24-17(19-14)12-3-5-13(18)6-4-12/h2-8,10H,9H2,1H3. The lowest BCUT2D eigenvalue weighted by Gasteiger charge is -2.05. The number of oxazole rings is 1. The minimum absolute atomic E-state index is 0.0708. The maximum Gasteiger partial charge on any atom is 0.310 e. The van der Waals surface area contributed by atoms with Crippen LogP contribution in [0.1, 0.15) is 11.3 Å². The third-order valence-electron chi connectivity index (χ3n) is 3.33. The van der Waals surface area contributed by atoms with Gasteiger partial charge in [-0.05, 0) is 42.8 Å². The van der Waals surface area contributed by atoms with Crippen LogP contribution in [0.2, 0.25) is 5.02 Å². The number of nitrogens with zero attached hydrogens (tertiary/aromatic N) is 2. The predicted molar refractivity (Wildman–Crippen MR) is 89.1 cm³/mol. The molecule has 0 aliphatic heterocycles. The van der Waals surface area contributed by atoms with Crippen molar-refractivity contribution in [2.24, 2.45) is 0 Å². The van der Waals surface area contributed by atoms with E-state index in [4.69, 9.17) is 20.8 Å². The number of hydrogen-bond donors (Lipinski definition) is 0. The number of nitro groups is 1. The molecule has 0 unspecified atom stereocenters. The molecule has 0 saturated heterocycles. The van der Waals surface area contributed by atoms with Crippen molar-refractivity contribution in [3.63, 3.8) is 0 Å². The summed E-state index contributed by atoms with van der Waals surface area (Å²) in [6.07, 6.45) is 1.46. The molecule has 3 rings (SSSR count). The van der Waals surface area contributed by atoms with Crippen molar-refractivity contribution in [3.05, 3.63) is 75.1 Å². The van der Waals surface area contributed by atoms with Gasteiger partial charge in [-0.15, -0.1) is 0 Å². The molecular formula is C17H13ClN2O4. The van der Waals surface area contributed by atoms with Gasteiger partial charge in [-0.1, -0.05) is 17.7 Å². The van der Waals surface area contributed by atoms with Crippen LogP contribution >= 0.6 is 11.6 Å². The van der Waals surface area contributed by atoms with Gasteiger partial charge in [0.2, 0.25) is 5.89 Å². The number of aromatic nitrogens is 1. The molecule has 0 spiro atoms. The normalized spacial score (nSPS) is 10.6. The number of nitro benzene ring substituents is 1. The van der Waals surface area contributed by atoms with E-state index in [1.165, 1.54) is 12.3 Å². The summed E-state index contributed by atoms with van der Waals surface area (Å²) in [5, 5.41) is 11.7. The summed E-state index contributed by atoms with van der Waals surface area (Å²) < 4.78 is 11.0. The molecule has 0 fully saturated rings. The monoisotopic (exact) mass is 344 g/mol. The van der Waals surface area contributed by atoms with Crippen LogP contribution in [-0.2, 0) is 6.61 Å². The second-order valence-corrected chi connectivity index (χ2v) is 5.60. The van der Waals surface area contributed by atoms with Gasteiger partial charge in [-0.3, -0.25) is 10.1 Å². The average Bonchev–Trinajstić information content (AvgIpc) is 3.02. The minimum Gasteiger partial charge on any atom is -0.480 e. The van der Waals surface area contributed by atoms with E-state index in [0.717, 1.165) is 11.1 Å². The molecule has 0 radical (unpaired) electrons. The van der Waals surface area contributed by atoms with E-state index in [2.05, 4.69) is 4.98 Å². The summed E-state index contributed by atoms with van der Waals surface area (Å²) in [7, 11) is 0. The first-order valence-corrected chi connectivity index (χ1v) is 7.49. The van der Waals surface area contributed by atoms with Gasteiger partial charge >= 0.3 is 5.69 Å². The number of rotatable bonds is 5. The topological polar surface area (TPSA) is 78.4 Å². The van der Waals surface area contributed by atoms with Gasteiger partial charge in [0.1, 0.15) is 18.6 Å². The van der Waals surface area contributed by atoms with Crippen molar-refractivity contribution in [2.75, 3.05) is 0 Å². The fourth-order valence-corrected chi connectivity index (χ4v) is 2.26. The molecule has 3 aromatic rings. The first kappa shape index (κ1) is 16.0. The van der Waals surface area contributed by atoms with Gasteiger partial charge in [-0.2, -0.15) is 0 Å². The molecule has 0 saturated carbocycles. The largest absolute Gasteiger partial charge is 0.480 e. The second-order valence-electron chi connectivity index (χ2n) is 5.17. The lowest BCUT2D eigenvalue weighted by atomic mass is 10.2. The van der Waals surface area contributed by atoms with Gasteiger partial charge in [0, 0.05) is 16.7 Å². The maximum absolute atomic E-state index is 11.0. The summed E-state index contributed by atoms with van der Waals surface area (Å²) >= 11 is 5.85. The Balaban J connectivity index is 1.75. The molecule has 24 heavy (non-hydrogen) atoms. The molecule has 0 amide bonds. The molecule has 7 heteroatoms. The molecular weight excluding hydrogens is 332 g/mol. The van der Waals surface area contributed by atoms with Gasteiger partial charge in [0.05, 0.1) is 4.92 Å². The molecule has 6 nitrogen and oxygen atoms in total. The molecule has 0 aliphatic carbocycles. The highest BCUT2D eigenvalue weighted by molar-refractivity contribution is 6.30. The Morgan fingerprint density at radius 3 is 2.71 bits per heavy atom. The maximum atomic E-state index is 11.0. The first-order chi connectivity index (χ1) is 11.5. The zero-order chi connectivity index (χ0) is 17.1. The second kappa shape index (κ2) is 6.72. The van der Waals surface area contributed by atoms with Crippen molar-refractivity contribution in [1.82, 2.24) is 4.98 Å². The minimum atomic E-state index is -0.475. The van der Waals surface area contributed by atoms with Crippen LogP contribution in [0.5, 0.6) is 5.75 Å². The Morgan fingerprint density at radius 2 is 2.00 bits per heavy atom. The number of aryl methyl sites for hydroxylation is 1. The van der Waals surface area contributed by atoms with E-state index in [0.29, 0.717) is 16.6 Å². The van der Waals surface area contributed by atoms with Crippen molar-refractivity contribution < 1.29 is 14.1 Å². The van der Waals surface area contributed by atoms with Crippen molar-refractivity contribution >= 4 is 17.3 Å². The lowest BCUT2D eigenvalue weighted by molar-refractivity contribution is -0.386. The number of ether oxygens (including phenoxy) is 1. The number of benzene rings is 2. The highest BCUT2D eigenvalue weighted by atomic mass is 35.5. The van der Waals surface area contributed by atoms with Gasteiger partial charge in [0.15, 0.2) is 5.75 Å². The Morgan fingerprint density at radius 1 is 1.25 bits per heavy atom. The number of hydrogen-bond acceptors (Lipinski definition) is 5. The SMILES string of the molecule is Cc1ccc([N+](=O)[O-])c(OCc2coc(-c3ccc(Cl)cc3)n2)c1. The number of halogens is 1. The molecule has 0 bridgehead atoms. The van der Waals surface area contributed by atoms with Crippen LogP contribution in [-0.4, -0.2) is 9.91 Å². The summed E-state index contributed by atoms with van der Waals surface area (Å²) in [4.78, 5) is 14.9. The quantitative estimate of drug-likeness (QED) is 0.491. The van der Waals surface area contributed by atoms with Crippen LogP contribution < -0.4 is 4.74 Å². The van der Waals surface area contributed by atoms with Crippen molar-refractivity contribution in [2.45, 2.75) is 13.5 Å². The van der Waals surface area contributed by atoms with Gasteiger partial charge in [-0.25, -0.2) is 4.98 Å². The fraction of sp³-hybridized carbons (Fsp3) is 0.118. The van der Waals surface area contributed by atoms with E-state index < -0.39 is 4.92 Å². The van der Waals surface area contributed by atoms with Gasteiger partial charge < -0.3 is 9.15 Å². The molecule has 0 atom stereocenters. The van der Waals surface area contributed by atoms with Crippen molar-refractivity contribution in [1.29, 1.82) is 0 Å². The molecule has 1 heterocycles. The Bertz CT molecular complexity index is 875. The Hall–Kier alpha value is -2.86. The van der Waals surface area contributed by atoms with E-state index in [1.807, 2.05) is 6.92 Å². The summed E-state index contributed by atoms with van der Waals surface area (Å²) in [6.45, 7) is 1.91. The van der Waals surface area contributed by atoms with E-state index in [9.17, 15) is 10.1 Å². The predicted octanol–water partition coefficient (Wildman–Crippen LogP) is 4.79. The molecule has 122 valence electrons. The Labute approximate surface area is 142 Å². The lowest BCUT2D eigenvalue weighted by Crippen LogP contribution is -2.00. The third kappa shape index (κ3) is 3.55. The zero-order valence-electron chi connectivity index (χ0n) is 12.7. The highest BCUT2D eigenvalue weighted by Crippen LogP contribution is 2.29. The third-order valence-corrected chi connectivity index (χ3v) is 3.58. The van der Waals surface area contributed by atoms with Crippen LogP contribution in [0.15, 0.2) is 53.1 Å². The molecule has 0 N–H and O–H groups in total.